The van der Waals surface area contributed by atoms with Gasteiger partial charge in [0, 0.05) is 45.4 Å². The van der Waals surface area contributed by atoms with Crippen molar-refractivity contribution in [3.63, 3.8) is 0 Å². The van der Waals surface area contributed by atoms with Crippen molar-refractivity contribution >= 4 is 9.84 Å². The van der Waals surface area contributed by atoms with Gasteiger partial charge < -0.3 is 10.1 Å². The van der Waals surface area contributed by atoms with E-state index in [4.69, 9.17) is 4.74 Å². The topological polar surface area (TPSA) is 58.6 Å². The first-order chi connectivity index (χ1) is 7.62. The Morgan fingerprint density at radius 3 is 3.00 bits per heavy atom. The van der Waals surface area contributed by atoms with Crippen LogP contribution in [-0.4, -0.2) is 70.3 Å². The van der Waals surface area contributed by atoms with Gasteiger partial charge in [-0.3, -0.25) is 4.90 Å². The fourth-order valence-electron chi connectivity index (χ4n) is 2.63. The number of methoxy groups -OCH3 is 1. The van der Waals surface area contributed by atoms with Gasteiger partial charge in [0.25, 0.3) is 0 Å². The van der Waals surface area contributed by atoms with E-state index in [1.54, 1.807) is 7.11 Å². The molecule has 1 N–H and O–H groups in total. The van der Waals surface area contributed by atoms with Crippen molar-refractivity contribution < 1.29 is 13.2 Å². The molecule has 0 amide bonds. The van der Waals surface area contributed by atoms with Crippen LogP contribution in [0.3, 0.4) is 0 Å². The van der Waals surface area contributed by atoms with E-state index in [1.807, 2.05) is 0 Å². The molecule has 0 bridgehead atoms. The van der Waals surface area contributed by atoms with Crippen LogP contribution in [0.4, 0.5) is 0 Å². The lowest BCUT2D eigenvalue weighted by atomic mass is 10.1. The van der Waals surface area contributed by atoms with E-state index in [0.29, 0.717) is 11.5 Å². The Bertz CT molecular complexity index is 331. The molecular formula is C10H20N2O3S. The van der Waals surface area contributed by atoms with Crippen molar-refractivity contribution in [1.29, 1.82) is 0 Å². The molecule has 0 radical (unpaired) electrons. The molecule has 0 aromatic carbocycles. The minimum atomic E-state index is -2.83. The molecule has 0 aromatic rings. The van der Waals surface area contributed by atoms with E-state index in [1.165, 1.54) is 0 Å². The predicted octanol–water partition coefficient (Wildman–Crippen LogP) is -0.906. The molecule has 2 rings (SSSR count). The Morgan fingerprint density at radius 2 is 2.25 bits per heavy atom. The van der Waals surface area contributed by atoms with Gasteiger partial charge in [0.15, 0.2) is 9.84 Å². The fourth-order valence-corrected chi connectivity index (χ4v) is 4.62. The SMILES string of the molecule is COCCCN1CCNC2CS(=O)(=O)CC21. The third-order valence-corrected chi connectivity index (χ3v) is 5.11. The normalized spacial score (nSPS) is 33.8. The highest BCUT2D eigenvalue weighted by Crippen LogP contribution is 2.21. The minimum absolute atomic E-state index is 0.140. The van der Waals surface area contributed by atoms with Crippen molar-refractivity contribution in [2.75, 3.05) is 44.9 Å². The maximum atomic E-state index is 11.6. The Hall–Kier alpha value is -0.170. The predicted molar refractivity (Wildman–Crippen MR) is 62.3 cm³/mol. The number of piperazine rings is 1. The third kappa shape index (κ3) is 2.74. The average molecular weight is 248 g/mol. The van der Waals surface area contributed by atoms with Gasteiger partial charge in [0.05, 0.1) is 11.5 Å². The van der Waals surface area contributed by atoms with Crippen LogP contribution in [-0.2, 0) is 14.6 Å². The Balaban J connectivity index is 1.93. The maximum Gasteiger partial charge on any atom is 0.153 e. The molecule has 2 heterocycles. The molecule has 94 valence electrons. The van der Waals surface area contributed by atoms with E-state index in [-0.39, 0.29) is 12.1 Å². The van der Waals surface area contributed by atoms with Crippen LogP contribution in [0.5, 0.6) is 0 Å². The second-order valence-corrected chi connectivity index (χ2v) is 6.74. The summed E-state index contributed by atoms with van der Waals surface area (Å²) in [7, 11) is -1.13. The zero-order valence-corrected chi connectivity index (χ0v) is 10.5. The molecule has 2 aliphatic heterocycles. The highest BCUT2D eigenvalue weighted by atomic mass is 32.2. The number of rotatable bonds is 4. The summed E-state index contributed by atoms with van der Waals surface area (Å²) in [5.41, 5.74) is 0. The first-order valence-corrected chi connectivity index (χ1v) is 7.61. The average Bonchev–Trinajstić information content (AvgIpc) is 2.53. The van der Waals surface area contributed by atoms with Gasteiger partial charge in [0.1, 0.15) is 0 Å². The number of nitrogens with one attached hydrogen (secondary N) is 1. The summed E-state index contributed by atoms with van der Waals surface area (Å²) in [5.74, 6) is 0.621. The monoisotopic (exact) mass is 248 g/mol. The van der Waals surface area contributed by atoms with Crippen LogP contribution in [0.1, 0.15) is 6.42 Å². The molecule has 16 heavy (non-hydrogen) atoms. The molecule has 0 aliphatic carbocycles. The molecule has 6 heteroatoms. The number of hydrogen-bond acceptors (Lipinski definition) is 5. The molecule has 2 aliphatic rings. The van der Waals surface area contributed by atoms with Gasteiger partial charge in [-0.2, -0.15) is 0 Å². The quantitative estimate of drug-likeness (QED) is 0.653. The maximum absolute atomic E-state index is 11.6. The standard InChI is InChI=1S/C10H20N2O3S/c1-15-6-2-4-12-5-3-11-9-7-16(13,14)8-10(9)12/h9-11H,2-8H2,1H3. The van der Waals surface area contributed by atoms with Crippen LogP contribution in [0, 0.1) is 0 Å². The summed E-state index contributed by atoms with van der Waals surface area (Å²) in [6.07, 6.45) is 0.972. The van der Waals surface area contributed by atoms with E-state index in [9.17, 15) is 8.42 Å². The Morgan fingerprint density at radius 1 is 1.44 bits per heavy atom. The van der Waals surface area contributed by atoms with Gasteiger partial charge in [-0.05, 0) is 6.42 Å². The number of hydrogen-bond donors (Lipinski definition) is 1. The highest BCUT2D eigenvalue weighted by Gasteiger charge is 2.42. The van der Waals surface area contributed by atoms with Crippen molar-refractivity contribution in [2.45, 2.75) is 18.5 Å². The lowest BCUT2D eigenvalue weighted by molar-refractivity contribution is 0.123. The van der Waals surface area contributed by atoms with E-state index >= 15 is 0 Å². The number of fused-ring (bicyclic) bond motifs is 1. The first-order valence-electron chi connectivity index (χ1n) is 5.79. The van der Waals surface area contributed by atoms with Gasteiger partial charge in [-0.1, -0.05) is 0 Å². The van der Waals surface area contributed by atoms with Crippen molar-refractivity contribution in [1.82, 2.24) is 10.2 Å². The van der Waals surface area contributed by atoms with Crippen molar-refractivity contribution in [2.24, 2.45) is 0 Å². The van der Waals surface area contributed by atoms with E-state index in [0.717, 1.165) is 32.7 Å². The molecule has 2 unspecified atom stereocenters. The lowest BCUT2D eigenvalue weighted by Crippen LogP contribution is -2.57. The molecule has 0 aromatic heterocycles. The third-order valence-electron chi connectivity index (χ3n) is 3.39. The number of nitrogens with zero attached hydrogens (tertiary/aromatic N) is 1. The summed E-state index contributed by atoms with van der Waals surface area (Å²) in [5, 5.41) is 3.30. The van der Waals surface area contributed by atoms with Crippen LogP contribution < -0.4 is 5.32 Å². The molecule has 0 spiro atoms. The second kappa shape index (κ2) is 5.00. The molecule has 0 saturated carbocycles. The highest BCUT2D eigenvalue weighted by molar-refractivity contribution is 7.91. The fraction of sp³-hybridized carbons (Fsp3) is 1.00. The van der Waals surface area contributed by atoms with Crippen LogP contribution >= 0.6 is 0 Å². The smallest absolute Gasteiger partial charge is 0.153 e. The summed E-state index contributed by atoms with van der Waals surface area (Å²) < 4.78 is 28.2. The zero-order valence-electron chi connectivity index (χ0n) is 9.68. The lowest BCUT2D eigenvalue weighted by Gasteiger charge is -2.37. The minimum Gasteiger partial charge on any atom is -0.385 e. The molecule has 2 saturated heterocycles. The number of sulfone groups is 1. The van der Waals surface area contributed by atoms with Gasteiger partial charge in [-0.15, -0.1) is 0 Å². The largest absolute Gasteiger partial charge is 0.385 e. The van der Waals surface area contributed by atoms with Crippen molar-refractivity contribution in [3.05, 3.63) is 0 Å². The van der Waals surface area contributed by atoms with E-state index < -0.39 is 9.84 Å². The molecular weight excluding hydrogens is 228 g/mol. The van der Waals surface area contributed by atoms with Gasteiger partial charge >= 0.3 is 0 Å². The van der Waals surface area contributed by atoms with Gasteiger partial charge in [0.2, 0.25) is 0 Å². The first kappa shape index (κ1) is 12.3. The summed E-state index contributed by atoms with van der Waals surface area (Å²) in [6, 6.07) is 0.317. The molecule has 2 atom stereocenters. The Kier molecular flexibility index (Phi) is 3.84. The summed E-state index contributed by atoms with van der Waals surface area (Å²) >= 11 is 0. The second-order valence-electron chi connectivity index (χ2n) is 4.59. The van der Waals surface area contributed by atoms with Crippen LogP contribution in [0.25, 0.3) is 0 Å². The van der Waals surface area contributed by atoms with Crippen LogP contribution in [0.2, 0.25) is 0 Å². The van der Waals surface area contributed by atoms with Crippen LogP contribution in [0.15, 0.2) is 0 Å². The molecule has 2 fully saturated rings. The summed E-state index contributed by atoms with van der Waals surface area (Å²) in [6.45, 7) is 3.52. The molecule has 5 nitrogen and oxygen atoms in total. The van der Waals surface area contributed by atoms with Crippen molar-refractivity contribution in [3.8, 4) is 0 Å². The Labute approximate surface area is 97.1 Å². The number of ether oxygens (including phenoxy) is 1. The van der Waals surface area contributed by atoms with Gasteiger partial charge in [-0.25, -0.2) is 8.42 Å². The zero-order chi connectivity index (χ0) is 11.6. The van der Waals surface area contributed by atoms with E-state index in [2.05, 4.69) is 10.2 Å². The summed E-state index contributed by atoms with van der Waals surface area (Å²) in [4.78, 5) is 2.30.